The summed E-state index contributed by atoms with van der Waals surface area (Å²) in [6.07, 6.45) is 0.435. The second-order valence-electron chi connectivity index (χ2n) is 3.67. The fourth-order valence-electron chi connectivity index (χ4n) is 1.60. The van der Waals surface area contributed by atoms with E-state index in [1.807, 2.05) is 0 Å². The second kappa shape index (κ2) is 5.46. The summed E-state index contributed by atoms with van der Waals surface area (Å²) in [5.41, 5.74) is 0.523. The molecule has 0 saturated carbocycles. The molecule has 1 atom stereocenters. The number of ether oxygens (including phenoxy) is 1. The summed E-state index contributed by atoms with van der Waals surface area (Å²) in [6, 6.07) is 8.00. The topological polar surface area (TPSA) is 42.4 Å². The van der Waals surface area contributed by atoms with Gasteiger partial charge in [0, 0.05) is 16.2 Å². The number of hydrogen-bond donors (Lipinski definition) is 1. The Labute approximate surface area is 112 Å². The van der Waals surface area contributed by atoms with E-state index in [2.05, 4.69) is 20.9 Å². The number of methoxy groups -OCH3 is 1. The summed E-state index contributed by atoms with van der Waals surface area (Å²) < 4.78 is 19.6. The van der Waals surface area contributed by atoms with Gasteiger partial charge in [-0.15, -0.1) is 0 Å². The molecule has 0 amide bonds. The van der Waals surface area contributed by atoms with Crippen LogP contribution in [0.2, 0.25) is 0 Å². The van der Waals surface area contributed by atoms with Gasteiger partial charge in [0.15, 0.2) is 11.6 Å². The molecule has 0 aliphatic heterocycles. The molecule has 2 rings (SSSR count). The fraction of sp³-hybridized carbons (Fsp3) is 0.154. The van der Waals surface area contributed by atoms with E-state index in [0.29, 0.717) is 5.69 Å². The number of halogens is 2. The third-order valence-corrected chi connectivity index (χ3v) is 3.01. The highest BCUT2D eigenvalue weighted by atomic mass is 79.9. The standard InChI is InChI=1S/C13H11BrFNO2/c1-18-11-4-2-3-9(12(11)15)13(17)10-6-5-8(14)7-16-10/h2-7,13,17H,1H3. The van der Waals surface area contributed by atoms with Crippen molar-refractivity contribution in [3.8, 4) is 5.75 Å². The smallest absolute Gasteiger partial charge is 0.171 e. The van der Waals surface area contributed by atoms with Crippen LogP contribution >= 0.6 is 15.9 Å². The molecule has 18 heavy (non-hydrogen) atoms. The maximum absolute atomic E-state index is 14.0. The van der Waals surface area contributed by atoms with E-state index in [1.54, 1.807) is 24.4 Å². The fourth-order valence-corrected chi connectivity index (χ4v) is 1.84. The van der Waals surface area contributed by atoms with E-state index in [4.69, 9.17) is 4.74 Å². The second-order valence-corrected chi connectivity index (χ2v) is 4.58. The maximum atomic E-state index is 14.0. The highest BCUT2D eigenvalue weighted by Gasteiger charge is 2.18. The Kier molecular flexibility index (Phi) is 3.93. The van der Waals surface area contributed by atoms with Gasteiger partial charge in [-0.2, -0.15) is 0 Å². The van der Waals surface area contributed by atoms with Crippen LogP contribution in [0.1, 0.15) is 17.4 Å². The summed E-state index contributed by atoms with van der Waals surface area (Å²) in [7, 11) is 1.38. The summed E-state index contributed by atoms with van der Waals surface area (Å²) >= 11 is 3.25. The van der Waals surface area contributed by atoms with Crippen molar-refractivity contribution in [3.05, 3.63) is 58.1 Å². The lowest BCUT2D eigenvalue weighted by Gasteiger charge is -2.13. The molecule has 5 heteroatoms. The van der Waals surface area contributed by atoms with Crippen LogP contribution in [0.15, 0.2) is 41.0 Å². The number of hydrogen-bond acceptors (Lipinski definition) is 3. The van der Waals surface area contributed by atoms with E-state index in [0.717, 1.165) is 4.47 Å². The minimum Gasteiger partial charge on any atom is -0.494 e. The summed E-state index contributed by atoms with van der Waals surface area (Å²) in [4.78, 5) is 4.05. The number of aromatic nitrogens is 1. The lowest BCUT2D eigenvalue weighted by molar-refractivity contribution is 0.208. The van der Waals surface area contributed by atoms with Gasteiger partial charge in [-0.3, -0.25) is 4.98 Å². The van der Waals surface area contributed by atoms with E-state index in [9.17, 15) is 9.50 Å². The minimum atomic E-state index is -1.12. The third kappa shape index (κ3) is 2.52. The van der Waals surface area contributed by atoms with Crippen LogP contribution in [-0.4, -0.2) is 17.2 Å². The van der Waals surface area contributed by atoms with Crippen LogP contribution in [0.5, 0.6) is 5.75 Å². The van der Waals surface area contributed by atoms with Crippen molar-refractivity contribution in [2.45, 2.75) is 6.10 Å². The van der Waals surface area contributed by atoms with E-state index in [-0.39, 0.29) is 11.3 Å². The number of aliphatic hydroxyl groups excluding tert-OH is 1. The van der Waals surface area contributed by atoms with Crippen LogP contribution in [0.4, 0.5) is 4.39 Å². The van der Waals surface area contributed by atoms with Gasteiger partial charge in [0.2, 0.25) is 0 Å². The zero-order valence-electron chi connectivity index (χ0n) is 9.60. The first-order valence-electron chi connectivity index (χ1n) is 5.25. The highest BCUT2D eigenvalue weighted by Crippen LogP contribution is 2.28. The monoisotopic (exact) mass is 311 g/mol. The molecule has 1 aromatic heterocycles. The number of benzene rings is 1. The van der Waals surface area contributed by atoms with E-state index < -0.39 is 11.9 Å². The molecule has 0 fully saturated rings. The number of pyridine rings is 1. The highest BCUT2D eigenvalue weighted by molar-refractivity contribution is 9.10. The third-order valence-electron chi connectivity index (χ3n) is 2.54. The van der Waals surface area contributed by atoms with Crippen molar-refractivity contribution in [2.24, 2.45) is 0 Å². The van der Waals surface area contributed by atoms with Gasteiger partial charge in [-0.05, 0) is 34.1 Å². The molecular weight excluding hydrogens is 301 g/mol. The van der Waals surface area contributed by atoms with Crippen LogP contribution in [0.3, 0.4) is 0 Å². The first-order chi connectivity index (χ1) is 8.63. The van der Waals surface area contributed by atoms with Crippen molar-refractivity contribution in [3.63, 3.8) is 0 Å². The average molecular weight is 312 g/mol. The van der Waals surface area contributed by atoms with Gasteiger partial charge in [-0.25, -0.2) is 4.39 Å². The predicted molar refractivity (Wildman–Crippen MR) is 69.0 cm³/mol. The zero-order valence-corrected chi connectivity index (χ0v) is 11.2. The van der Waals surface area contributed by atoms with Gasteiger partial charge < -0.3 is 9.84 Å². The van der Waals surface area contributed by atoms with Crippen LogP contribution in [0.25, 0.3) is 0 Å². The molecular formula is C13H11BrFNO2. The van der Waals surface area contributed by atoms with Crippen molar-refractivity contribution in [1.82, 2.24) is 4.98 Å². The Morgan fingerprint density at radius 3 is 2.72 bits per heavy atom. The lowest BCUT2D eigenvalue weighted by Crippen LogP contribution is -2.05. The Morgan fingerprint density at radius 2 is 2.11 bits per heavy atom. The molecule has 0 spiro atoms. The van der Waals surface area contributed by atoms with Crippen molar-refractivity contribution in [2.75, 3.05) is 7.11 Å². The minimum absolute atomic E-state index is 0.101. The molecule has 0 aliphatic carbocycles. The summed E-state index contributed by atoms with van der Waals surface area (Å²) in [6.45, 7) is 0. The first kappa shape index (κ1) is 13.0. The molecule has 1 aromatic carbocycles. The molecule has 0 saturated heterocycles. The predicted octanol–water partition coefficient (Wildman–Crippen LogP) is 3.07. The molecule has 1 heterocycles. The Hall–Kier alpha value is -1.46. The Balaban J connectivity index is 2.39. The number of aliphatic hydroxyl groups is 1. The maximum Gasteiger partial charge on any atom is 0.171 e. The molecule has 1 unspecified atom stereocenters. The van der Waals surface area contributed by atoms with Crippen LogP contribution < -0.4 is 4.74 Å². The Bertz CT molecular complexity index is 545. The van der Waals surface area contributed by atoms with Gasteiger partial charge in [0.1, 0.15) is 6.10 Å². The van der Waals surface area contributed by atoms with Gasteiger partial charge in [0.05, 0.1) is 12.8 Å². The normalized spacial score (nSPS) is 12.2. The van der Waals surface area contributed by atoms with Gasteiger partial charge in [-0.1, -0.05) is 12.1 Å². The van der Waals surface area contributed by atoms with Crippen LogP contribution in [0, 0.1) is 5.82 Å². The molecule has 1 N–H and O–H groups in total. The van der Waals surface area contributed by atoms with Gasteiger partial charge in [0.25, 0.3) is 0 Å². The van der Waals surface area contributed by atoms with Crippen molar-refractivity contribution < 1.29 is 14.2 Å². The first-order valence-corrected chi connectivity index (χ1v) is 6.04. The molecule has 3 nitrogen and oxygen atoms in total. The van der Waals surface area contributed by atoms with Crippen molar-refractivity contribution in [1.29, 1.82) is 0 Å². The quantitative estimate of drug-likeness (QED) is 0.947. The molecule has 94 valence electrons. The average Bonchev–Trinajstić information content (AvgIpc) is 2.39. The number of nitrogens with zero attached hydrogens (tertiary/aromatic N) is 1. The largest absolute Gasteiger partial charge is 0.494 e. The molecule has 2 aromatic rings. The summed E-state index contributed by atoms with van der Waals surface area (Å²) in [5, 5.41) is 10.1. The molecule has 0 bridgehead atoms. The van der Waals surface area contributed by atoms with Gasteiger partial charge >= 0.3 is 0 Å². The SMILES string of the molecule is COc1cccc(C(O)c2ccc(Br)cn2)c1F. The van der Waals surface area contributed by atoms with Crippen molar-refractivity contribution >= 4 is 15.9 Å². The zero-order chi connectivity index (χ0) is 13.1. The Morgan fingerprint density at radius 1 is 1.33 bits per heavy atom. The van der Waals surface area contributed by atoms with Crippen LogP contribution in [-0.2, 0) is 0 Å². The van der Waals surface area contributed by atoms with E-state index in [1.165, 1.54) is 19.2 Å². The lowest BCUT2D eigenvalue weighted by atomic mass is 10.0. The van der Waals surface area contributed by atoms with E-state index >= 15 is 0 Å². The molecule has 0 radical (unpaired) electrons. The number of rotatable bonds is 3. The summed E-state index contributed by atoms with van der Waals surface area (Å²) in [5.74, 6) is -0.471. The molecule has 0 aliphatic rings.